The first kappa shape index (κ1) is 18.5. The van der Waals surface area contributed by atoms with Gasteiger partial charge in [0.15, 0.2) is 0 Å². The molecular formula is C16H23ClN2O3. The third-order valence-electron chi connectivity index (χ3n) is 3.13. The molecule has 3 N–H and O–H groups in total. The minimum atomic E-state index is -0.849. The van der Waals surface area contributed by atoms with Crippen molar-refractivity contribution in [2.75, 3.05) is 13.1 Å². The van der Waals surface area contributed by atoms with E-state index in [2.05, 4.69) is 10.6 Å². The van der Waals surface area contributed by atoms with Crippen molar-refractivity contribution in [1.82, 2.24) is 10.6 Å². The van der Waals surface area contributed by atoms with Crippen molar-refractivity contribution in [2.45, 2.75) is 32.8 Å². The number of carbonyl (C=O) groups excluding carboxylic acids is 2. The second-order valence-electron chi connectivity index (χ2n) is 5.42. The number of aliphatic hydroxyl groups excluding tert-OH is 1. The second kappa shape index (κ2) is 9.43. The molecular weight excluding hydrogens is 304 g/mol. The number of nitrogens with one attached hydrogen (secondary N) is 2. The summed E-state index contributed by atoms with van der Waals surface area (Å²) in [4.78, 5) is 23.0. The molecule has 0 spiro atoms. The van der Waals surface area contributed by atoms with Crippen molar-refractivity contribution in [3.8, 4) is 0 Å². The molecule has 0 fully saturated rings. The zero-order valence-corrected chi connectivity index (χ0v) is 13.7. The van der Waals surface area contributed by atoms with E-state index in [0.717, 1.165) is 0 Å². The number of amides is 2. The van der Waals surface area contributed by atoms with Crippen LogP contribution in [-0.2, 0) is 9.59 Å². The Hall–Kier alpha value is -1.59. The lowest BCUT2D eigenvalue weighted by molar-refractivity contribution is -0.124. The van der Waals surface area contributed by atoms with Crippen LogP contribution in [0.1, 0.15) is 38.4 Å². The maximum atomic E-state index is 11.7. The van der Waals surface area contributed by atoms with Gasteiger partial charge in [-0.15, -0.1) is 0 Å². The highest BCUT2D eigenvalue weighted by Crippen LogP contribution is 2.18. The van der Waals surface area contributed by atoms with Crippen molar-refractivity contribution in [1.29, 1.82) is 0 Å². The number of hydrogen-bond donors (Lipinski definition) is 3. The summed E-state index contributed by atoms with van der Waals surface area (Å²) in [5.41, 5.74) is 0.656. The van der Waals surface area contributed by atoms with E-state index in [0.29, 0.717) is 30.1 Å². The van der Waals surface area contributed by atoms with Crippen LogP contribution in [0.3, 0.4) is 0 Å². The predicted octanol–water partition coefficient (Wildman–Crippen LogP) is 2.04. The number of rotatable bonds is 8. The second-order valence-corrected chi connectivity index (χ2v) is 5.86. The van der Waals surface area contributed by atoms with Gasteiger partial charge < -0.3 is 15.7 Å². The van der Waals surface area contributed by atoms with Crippen molar-refractivity contribution in [3.63, 3.8) is 0 Å². The Balaban J connectivity index is 2.20. The minimum absolute atomic E-state index is 0.0000143. The van der Waals surface area contributed by atoms with E-state index in [-0.39, 0.29) is 24.2 Å². The SMILES string of the molecule is CC(C)C(=O)NCCCNC(=O)CC(O)c1ccc(Cl)cc1. The van der Waals surface area contributed by atoms with Crippen molar-refractivity contribution < 1.29 is 14.7 Å². The fourth-order valence-corrected chi connectivity index (χ4v) is 1.91. The molecule has 0 saturated carbocycles. The molecule has 1 aromatic carbocycles. The zero-order chi connectivity index (χ0) is 16.5. The smallest absolute Gasteiger partial charge is 0.222 e. The molecule has 0 aliphatic carbocycles. The Kier molecular flexibility index (Phi) is 7.91. The number of benzene rings is 1. The summed E-state index contributed by atoms with van der Waals surface area (Å²) in [6, 6.07) is 6.74. The molecule has 0 radical (unpaired) electrons. The molecule has 0 aliphatic heterocycles. The van der Waals surface area contributed by atoms with Crippen molar-refractivity contribution in [3.05, 3.63) is 34.9 Å². The van der Waals surface area contributed by atoms with Crippen LogP contribution in [0, 0.1) is 5.92 Å². The molecule has 1 aromatic rings. The molecule has 1 rings (SSSR count). The first-order chi connectivity index (χ1) is 10.4. The average Bonchev–Trinajstić information content (AvgIpc) is 2.47. The van der Waals surface area contributed by atoms with Crippen molar-refractivity contribution in [2.24, 2.45) is 5.92 Å². The van der Waals surface area contributed by atoms with Gasteiger partial charge in [-0.2, -0.15) is 0 Å². The van der Waals surface area contributed by atoms with E-state index < -0.39 is 6.10 Å². The standard InChI is InChI=1S/C16H23ClN2O3/c1-11(2)16(22)19-9-3-8-18-15(21)10-14(20)12-4-6-13(17)7-5-12/h4-7,11,14,20H,3,8-10H2,1-2H3,(H,18,21)(H,19,22). The molecule has 0 saturated heterocycles. The van der Waals surface area contributed by atoms with Gasteiger partial charge in [0.1, 0.15) is 0 Å². The van der Waals surface area contributed by atoms with Crippen LogP contribution < -0.4 is 10.6 Å². The number of aliphatic hydroxyl groups is 1. The summed E-state index contributed by atoms with van der Waals surface area (Å²) in [5.74, 6) is -0.258. The monoisotopic (exact) mass is 326 g/mol. The van der Waals surface area contributed by atoms with Gasteiger partial charge in [0.25, 0.3) is 0 Å². The van der Waals surface area contributed by atoms with Gasteiger partial charge in [0, 0.05) is 24.0 Å². The number of halogens is 1. The highest BCUT2D eigenvalue weighted by Gasteiger charge is 2.12. The zero-order valence-electron chi connectivity index (χ0n) is 12.9. The highest BCUT2D eigenvalue weighted by molar-refractivity contribution is 6.30. The molecule has 5 nitrogen and oxygen atoms in total. The number of carbonyl (C=O) groups is 2. The van der Waals surface area contributed by atoms with E-state index in [9.17, 15) is 14.7 Å². The summed E-state index contributed by atoms with van der Waals surface area (Å²) in [5, 5.41) is 16.0. The fraction of sp³-hybridized carbons (Fsp3) is 0.500. The van der Waals surface area contributed by atoms with Gasteiger partial charge in [0.05, 0.1) is 12.5 Å². The van der Waals surface area contributed by atoms with E-state index in [4.69, 9.17) is 11.6 Å². The Bertz CT molecular complexity index is 489. The van der Waals surface area contributed by atoms with E-state index in [1.807, 2.05) is 13.8 Å². The van der Waals surface area contributed by atoms with Crippen LogP contribution in [0.25, 0.3) is 0 Å². The molecule has 6 heteroatoms. The summed E-state index contributed by atoms with van der Waals surface area (Å²) in [7, 11) is 0. The van der Waals surface area contributed by atoms with Crippen LogP contribution in [0.5, 0.6) is 0 Å². The van der Waals surface area contributed by atoms with Gasteiger partial charge in [-0.05, 0) is 24.1 Å². The van der Waals surface area contributed by atoms with Crippen LogP contribution in [0.2, 0.25) is 5.02 Å². The molecule has 0 bridgehead atoms. The summed E-state index contributed by atoms with van der Waals surface area (Å²) < 4.78 is 0. The first-order valence-electron chi connectivity index (χ1n) is 7.38. The Labute approximate surface area is 136 Å². The highest BCUT2D eigenvalue weighted by atomic mass is 35.5. The van der Waals surface area contributed by atoms with Gasteiger partial charge in [-0.25, -0.2) is 0 Å². The summed E-state index contributed by atoms with van der Waals surface area (Å²) in [6.07, 6.45) is -0.195. The van der Waals surface area contributed by atoms with Crippen LogP contribution in [0.15, 0.2) is 24.3 Å². The average molecular weight is 327 g/mol. The molecule has 0 aliphatic rings. The summed E-state index contributed by atoms with van der Waals surface area (Å²) >= 11 is 5.77. The minimum Gasteiger partial charge on any atom is -0.388 e. The fourth-order valence-electron chi connectivity index (χ4n) is 1.78. The maximum absolute atomic E-state index is 11.7. The molecule has 122 valence electrons. The molecule has 1 atom stereocenters. The number of hydrogen-bond acceptors (Lipinski definition) is 3. The Morgan fingerprint density at radius 3 is 2.32 bits per heavy atom. The molecule has 1 unspecified atom stereocenters. The molecule has 0 aromatic heterocycles. The van der Waals surface area contributed by atoms with Crippen LogP contribution in [0.4, 0.5) is 0 Å². The van der Waals surface area contributed by atoms with E-state index >= 15 is 0 Å². The van der Waals surface area contributed by atoms with Gasteiger partial charge in [-0.1, -0.05) is 37.6 Å². The quantitative estimate of drug-likeness (QED) is 0.640. The van der Waals surface area contributed by atoms with Gasteiger partial charge in [0.2, 0.25) is 11.8 Å². The van der Waals surface area contributed by atoms with Crippen molar-refractivity contribution >= 4 is 23.4 Å². The van der Waals surface area contributed by atoms with Crippen LogP contribution >= 0.6 is 11.6 Å². The Morgan fingerprint density at radius 2 is 1.73 bits per heavy atom. The van der Waals surface area contributed by atoms with Gasteiger partial charge in [-0.3, -0.25) is 9.59 Å². The van der Waals surface area contributed by atoms with E-state index in [1.165, 1.54) is 0 Å². The maximum Gasteiger partial charge on any atom is 0.222 e. The lowest BCUT2D eigenvalue weighted by atomic mass is 10.1. The molecule has 0 heterocycles. The van der Waals surface area contributed by atoms with Gasteiger partial charge >= 0.3 is 0 Å². The Morgan fingerprint density at radius 1 is 1.14 bits per heavy atom. The van der Waals surface area contributed by atoms with Crippen LogP contribution in [-0.4, -0.2) is 30.0 Å². The van der Waals surface area contributed by atoms with E-state index in [1.54, 1.807) is 24.3 Å². The topological polar surface area (TPSA) is 78.4 Å². The largest absolute Gasteiger partial charge is 0.388 e. The third kappa shape index (κ3) is 6.91. The molecule has 22 heavy (non-hydrogen) atoms. The third-order valence-corrected chi connectivity index (χ3v) is 3.38. The summed E-state index contributed by atoms with van der Waals surface area (Å²) in [6.45, 7) is 4.64. The normalized spacial score (nSPS) is 12.0. The first-order valence-corrected chi connectivity index (χ1v) is 7.76. The lowest BCUT2D eigenvalue weighted by Gasteiger charge is -2.12. The molecule has 2 amide bonds. The predicted molar refractivity (Wildman–Crippen MR) is 86.5 cm³/mol. The lowest BCUT2D eigenvalue weighted by Crippen LogP contribution is -2.32.